The third kappa shape index (κ3) is 2.09. The van der Waals surface area contributed by atoms with Gasteiger partial charge in [0.2, 0.25) is 0 Å². The Morgan fingerprint density at radius 1 is 1.73 bits per heavy atom. The van der Waals surface area contributed by atoms with Crippen molar-refractivity contribution >= 4 is 44.2 Å². The van der Waals surface area contributed by atoms with Crippen LogP contribution < -0.4 is 0 Å². The monoisotopic (exact) mass is 328 g/mol. The first kappa shape index (κ1) is 8.85. The number of hydrogen-bond acceptors (Lipinski definition) is 3. The van der Waals surface area contributed by atoms with E-state index in [0.29, 0.717) is 0 Å². The Morgan fingerprint density at radius 2 is 2.36 bits per heavy atom. The van der Waals surface area contributed by atoms with Crippen LogP contribution in [0.5, 0.6) is 0 Å². The fourth-order valence-corrected chi connectivity index (χ4v) is 1.34. The molecular weight excluding hydrogens is 327 g/mol. The van der Waals surface area contributed by atoms with Gasteiger partial charge in [-0.3, -0.25) is 10.1 Å². The Balaban J connectivity index is 3.23. The van der Waals surface area contributed by atoms with Crippen molar-refractivity contribution in [3.05, 3.63) is 30.6 Å². The first-order chi connectivity index (χ1) is 5.11. The predicted octanol–water partition coefficient (Wildman–Crippen LogP) is 2.36. The van der Waals surface area contributed by atoms with Gasteiger partial charge in [0.05, 0.1) is 4.92 Å². The lowest BCUT2D eigenvalue weighted by Crippen LogP contribution is -1.91. The largest absolute Gasteiger partial charge is 0.303 e. The number of nitrogens with zero attached hydrogens (tertiary/aromatic N) is 2. The Labute approximate surface area is 84.4 Å². The molecule has 1 rings (SSSR count). The van der Waals surface area contributed by atoms with Crippen LogP contribution in [0.2, 0.25) is 0 Å². The Bertz CT molecular complexity index is 305. The van der Waals surface area contributed by atoms with Gasteiger partial charge in [0, 0.05) is 15.8 Å². The SMILES string of the molecule is O=[N+]([O-])c1cc(I)cnc1Br. The predicted molar refractivity (Wildman–Crippen MR) is 51.3 cm³/mol. The zero-order valence-corrected chi connectivity index (χ0v) is 8.87. The van der Waals surface area contributed by atoms with Crippen LogP contribution >= 0.6 is 38.5 Å². The normalized spacial score (nSPS) is 9.64. The summed E-state index contributed by atoms with van der Waals surface area (Å²) >= 11 is 4.94. The van der Waals surface area contributed by atoms with Crippen molar-refractivity contribution in [1.82, 2.24) is 4.98 Å². The minimum absolute atomic E-state index is 0.00287. The number of nitro groups is 1. The summed E-state index contributed by atoms with van der Waals surface area (Å²) in [5.41, 5.74) is -0.00287. The van der Waals surface area contributed by atoms with E-state index in [4.69, 9.17) is 0 Å². The molecule has 0 saturated carbocycles. The van der Waals surface area contributed by atoms with Gasteiger partial charge in [-0.15, -0.1) is 0 Å². The molecule has 0 N–H and O–H groups in total. The molecule has 0 saturated heterocycles. The van der Waals surface area contributed by atoms with Gasteiger partial charge in [-0.25, -0.2) is 4.98 Å². The van der Waals surface area contributed by atoms with Gasteiger partial charge in [0.1, 0.15) is 0 Å². The van der Waals surface area contributed by atoms with Crippen LogP contribution in [-0.2, 0) is 0 Å². The maximum Gasteiger partial charge on any atom is 0.303 e. The highest BCUT2D eigenvalue weighted by molar-refractivity contribution is 14.1. The zero-order valence-electron chi connectivity index (χ0n) is 5.12. The van der Waals surface area contributed by atoms with E-state index >= 15 is 0 Å². The average Bonchev–Trinajstić information content (AvgIpc) is 1.94. The standard InChI is InChI=1S/C5H2BrIN2O2/c6-5-4(9(10)11)1-3(7)2-8-5/h1-2H. The number of aromatic nitrogens is 1. The average molecular weight is 329 g/mol. The number of rotatable bonds is 1. The van der Waals surface area contributed by atoms with Crippen LogP contribution in [0.15, 0.2) is 16.9 Å². The molecule has 1 heterocycles. The fourth-order valence-electron chi connectivity index (χ4n) is 0.540. The summed E-state index contributed by atoms with van der Waals surface area (Å²) in [6, 6.07) is 1.46. The topological polar surface area (TPSA) is 56.0 Å². The molecule has 0 aliphatic heterocycles. The van der Waals surface area contributed by atoms with Gasteiger partial charge in [0.15, 0.2) is 4.60 Å². The summed E-state index contributed by atoms with van der Waals surface area (Å²) in [5, 5.41) is 10.3. The molecule has 0 radical (unpaired) electrons. The highest BCUT2D eigenvalue weighted by atomic mass is 127. The molecule has 11 heavy (non-hydrogen) atoms. The summed E-state index contributed by atoms with van der Waals surface area (Å²) in [5.74, 6) is 0. The van der Waals surface area contributed by atoms with E-state index in [2.05, 4.69) is 20.9 Å². The number of hydrogen-bond donors (Lipinski definition) is 0. The van der Waals surface area contributed by atoms with Crippen LogP contribution in [0.25, 0.3) is 0 Å². The molecule has 58 valence electrons. The van der Waals surface area contributed by atoms with Crippen LogP contribution in [0.3, 0.4) is 0 Å². The molecule has 0 atom stereocenters. The molecule has 0 fully saturated rings. The fraction of sp³-hybridized carbons (Fsp3) is 0. The van der Waals surface area contributed by atoms with Crippen molar-refractivity contribution in [2.24, 2.45) is 0 Å². The molecular formula is C5H2BrIN2O2. The van der Waals surface area contributed by atoms with Crippen LogP contribution in [-0.4, -0.2) is 9.91 Å². The molecule has 4 nitrogen and oxygen atoms in total. The quantitative estimate of drug-likeness (QED) is 0.344. The summed E-state index contributed by atoms with van der Waals surface area (Å²) in [4.78, 5) is 13.6. The van der Waals surface area contributed by atoms with Crippen molar-refractivity contribution < 1.29 is 4.92 Å². The molecule has 6 heteroatoms. The van der Waals surface area contributed by atoms with Crippen LogP contribution in [0.4, 0.5) is 5.69 Å². The smallest absolute Gasteiger partial charge is 0.258 e. The molecule has 0 aliphatic rings. The molecule has 0 spiro atoms. The van der Waals surface area contributed by atoms with Gasteiger partial charge in [-0.05, 0) is 38.5 Å². The van der Waals surface area contributed by atoms with E-state index in [1.54, 1.807) is 6.20 Å². The van der Waals surface area contributed by atoms with Crippen molar-refractivity contribution in [1.29, 1.82) is 0 Å². The van der Waals surface area contributed by atoms with E-state index in [0.717, 1.165) is 3.57 Å². The summed E-state index contributed by atoms with van der Waals surface area (Å²) in [6.07, 6.45) is 1.55. The highest BCUT2D eigenvalue weighted by Crippen LogP contribution is 2.23. The van der Waals surface area contributed by atoms with Crippen molar-refractivity contribution in [3.8, 4) is 0 Å². The lowest BCUT2D eigenvalue weighted by Gasteiger charge is -1.93. The second-order valence-corrected chi connectivity index (χ2v) is 3.72. The maximum absolute atomic E-state index is 10.3. The van der Waals surface area contributed by atoms with E-state index in [-0.39, 0.29) is 10.3 Å². The molecule has 1 aromatic heterocycles. The van der Waals surface area contributed by atoms with Gasteiger partial charge < -0.3 is 0 Å². The Kier molecular flexibility index (Phi) is 2.77. The third-order valence-corrected chi connectivity index (χ3v) is 2.18. The van der Waals surface area contributed by atoms with Crippen molar-refractivity contribution in [2.75, 3.05) is 0 Å². The maximum atomic E-state index is 10.3. The van der Waals surface area contributed by atoms with E-state index in [1.165, 1.54) is 6.07 Å². The molecule has 0 unspecified atom stereocenters. The Morgan fingerprint density at radius 3 is 2.82 bits per heavy atom. The molecule has 0 aromatic carbocycles. The summed E-state index contributed by atoms with van der Waals surface area (Å²) in [6.45, 7) is 0. The van der Waals surface area contributed by atoms with E-state index in [1.807, 2.05) is 22.6 Å². The minimum Gasteiger partial charge on any atom is -0.258 e. The first-order valence-electron chi connectivity index (χ1n) is 2.56. The lowest BCUT2D eigenvalue weighted by atomic mass is 10.4. The molecule has 1 aromatic rings. The second kappa shape index (κ2) is 3.44. The lowest BCUT2D eigenvalue weighted by molar-refractivity contribution is -0.386. The van der Waals surface area contributed by atoms with Gasteiger partial charge >= 0.3 is 5.69 Å². The summed E-state index contributed by atoms with van der Waals surface area (Å²) in [7, 11) is 0. The van der Waals surface area contributed by atoms with Gasteiger partial charge in [-0.2, -0.15) is 0 Å². The van der Waals surface area contributed by atoms with E-state index in [9.17, 15) is 10.1 Å². The number of pyridine rings is 1. The van der Waals surface area contributed by atoms with Crippen molar-refractivity contribution in [3.63, 3.8) is 0 Å². The van der Waals surface area contributed by atoms with Gasteiger partial charge in [-0.1, -0.05) is 0 Å². The van der Waals surface area contributed by atoms with Crippen molar-refractivity contribution in [2.45, 2.75) is 0 Å². The minimum atomic E-state index is -0.473. The second-order valence-electron chi connectivity index (χ2n) is 1.72. The number of halogens is 2. The summed E-state index contributed by atoms with van der Waals surface area (Å²) < 4.78 is 1.01. The first-order valence-corrected chi connectivity index (χ1v) is 4.44. The van der Waals surface area contributed by atoms with Crippen LogP contribution in [0, 0.1) is 13.7 Å². The zero-order chi connectivity index (χ0) is 8.43. The van der Waals surface area contributed by atoms with Crippen LogP contribution in [0.1, 0.15) is 0 Å². The van der Waals surface area contributed by atoms with Gasteiger partial charge in [0.25, 0.3) is 0 Å². The Hall–Kier alpha value is -0.240. The third-order valence-electron chi connectivity index (χ3n) is 0.984. The van der Waals surface area contributed by atoms with E-state index < -0.39 is 4.92 Å². The molecule has 0 amide bonds. The molecule has 0 aliphatic carbocycles. The highest BCUT2D eigenvalue weighted by Gasteiger charge is 2.12. The molecule has 0 bridgehead atoms.